The van der Waals surface area contributed by atoms with E-state index < -0.39 is 35.8 Å². The Kier molecular flexibility index (Phi) is 7.79. The van der Waals surface area contributed by atoms with Gasteiger partial charge >= 0.3 is 11.9 Å². The van der Waals surface area contributed by atoms with E-state index in [1.54, 1.807) is 36.4 Å². The van der Waals surface area contributed by atoms with Crippen molar-refractivity contribution in [3.05, 3.63) is 95.1 Å². The first-order valence-corrected chi connectivity index (χ1v) is 11.9. The van der Waals surface area contributed by atoms with Crippen molar-refractivity contribution >= 4 is 23.8 Å². The van der Waals surface area contributed by atoms with Gasteiger partial charge in [-0.05, 0) is 60.2 Å². The Morgan fingerprint density at radius 2 is 1.38 bits per heavy atom. The van der Waals surface area contributed by atoms with Gasteiger partial charge < -0.3 is 14.9 Å². The van der Waals surface area contributed by atoms with Crippen LogP contribution in [0.25, 0.3) is 11.1 Å². The Morgan fingerprint density at radius 3 is 1.89 bits per heavy atom. The van der Waals surface area contributed by atoms with E-state index >= 15 is 0 Å². The first-order valence-electron chi connectivity index (χ1n) is 11.9. The maximum Gasteiger partial charge on any atom is 0.337 e. The number of esters is 1. The molecule has 0 bridgehead atoms. The number of nitrogens with zero attached hydrogens (tertiary/aromatic N) is 1. The second kappa shape index (κ2) is 11.2. The van der Waals surface area contributed by atoms with Gasteiger partial charge in [-0.1, -0.05) is 48.5 Å². The maximum absolute atomic E-state index is 12.5. The number of aliphatic hydroxyl groups excluding tert-OH is 1. The minimum atomic E-state index is -1.17. The minimum Gasteiger partial charge on any atom is -0.481 e. The molecule has 1 aliphatic rings. The molecule has 0 radical (unpaired) electrons. The molecule has 2 N–H and O–H groups in total. The highest BCUT2D eigenvalue weighted by atomic mass is 16.5. The fraction of sp³-hybridized carbons (Fsp3) is 0.241. The summed E-state index contributed by atoms with van der Waals surface area (Å²) in [6.07, 6.45) is -0.507. The SMILES string of the molecule is COC(=O)c1ccc(-c2ccc(CCC(O)C(CCN3C(=O)c4ccccc4C3=O)C(=O)O)cc2)cc1. The smallest absolute Gasteiger partial charge is 0.337 e. The first kappa shape index (κ1) is 25.8. The lowest BCUT2D eigenvalue weighted by Gasteiger charge is -2.22. The summed E-state index contributed by atoms with van der Waals surface area (Å²) in [5, 5.41) is 20.3. The molecular weight excluding hydrogens is 474 g/mol. The highest BCUT2D eigenvalue weighted by molar-refractivity contribution is 6.21. The molecule has 0 aromatic heterocycles. The zero-order valence-corrected chi connectivity index (χ0v) is 20.3. The third-order valence-corrected chi connectivity index (χ3v) is 6.65. The molecule has 0 aliphatic carbocycles. The van der Waals surface area contributed by atoms with Crippen LogP contribution < -0.4 is 0 Å². The summed E-state index contributed by atoms with van der Waals surface area (Å²) in [4.78, 5) is 49.6. The van der Waals surface area contributed by atoms with Crippen molar-refractivity contribution in [1.29, 1.82) is 0 Å². The molecule has 3 aromatic rings. The van der Waals surface area contributed by atoms with Crippen molar-refractivity contribution in [3.63, 3.8) is 0 Å². The average Bonchev–Trinajstić information content (AvgIpc) is 3.16. The van der Waals surface area contributed by atoms with Gasteiger partial charge in [0.2, 0.25) is 0 Å². The molecule has 1 aliphatic heterocycles. The zero-order chi connectivity index (χ0) is 26.5. The van der Waals surface area contributed by atoms with Crippen LogP contribution in [-0.2, 0) is 16.0 Å². The second-order valence-corrected chi connectivity index (χ2v) is 8.91. The van der Waals surface area contributed by atoms with Crippen LogP contribution in [0.5, 0.6) is 0 Å². The van der Waals surface area contributed by atoms with Gasteiger partial charge in [-0.25, -0.2) is 4.79 Å². The number of carbonyl (C=O) groups excluding carboxylic acids is 3. The van der Waals surface area contributed by atoms with Crippen LogP contribution in [0.15, 0.2) is 72.8 Å². The number of carboxylic acids is 1. The first-order chi connectivity index (χ1) is 17.8. The van der Waals surface area contributed by atoms with E-state index in [0.29, 0.717) is 23.1 Å². The number of benzene rings is 3. The number of imide groups is 1. The summed E-state index contributed by atoms with van der Waals surface area (Å²) in [7, 11) is 1.33. The van der Waals surface area contributed by atoms with Gasteiger partial charge in [-0.2, -0.15) is 0 Å². The molecule has 8 nitrogen and oxygen atoms in total. The van der Waals surface area contributed by atoms with E-state index in [4.69, 9.17) is 4.74 Å². The molecule has 0 fully saturated rings. The molecule has 4 rings (SSSR count). The predicted octanol–water partition coefficient (Wildman–Crippen LogP) is 3.82. The molecular formula is C29H27NO7. The lowest BCUT2D eigenvalue weighted by Crippen LogP contribution is -2.36. The molecule has 190 valence electrons. The highest BCUT2D eigenvalue weighted by Crippen LogP contribution is 2.25. The van der Waals surface area contributed by atoms with Gasteiger partial charge in [0.05, 0.1) is 35.8 Å². The van der Waals surface area contributed by atoms with Crippen molar-refractivity contribution in [2.24, 2.45) is 5.92 Å². The standard InChI is InChI=1S/C29H27NO7/c1-37-29(36)21-13-11-20(12-14-21)19-9-6-18(7-10-19)8-15-25(31)24(28(34)35)16-17-30-26(32)22-4-2-3-5-23(22)27(30)33/h2-7,9-14,24-25,31H,8,15-17H2,1H3,(H,34,35). The monoisotopic (exact) mass is 501 g/mol. The molecule has 2 unspecified atom stereocenters. The largest absolute Gasteiger partial charge is 0.481 e. The number of aliphatic carboxylic acids is 1. The quantitative estimate of drug-likeness (QED) is 0.320. The van der Waals surface area contributed by atoms with Crippen molar-refractivity contribution in [3.8, 4) is 11.1 Å². The van der Waals surface area contributed by atoms with Crippen LogP contribution in [0, 0.1) is 5.92 Å². The summed E-state index contributed by atoms with van der Waals surface area (Å²) in [5.41, 5.74) is 3.89. The zero-order valence-electron chi connectivity index (χ0n) is 20.3. The van der Waals surface area contributed by atoms with Gasteiger partial charge in [-0.15, -0.1) is 0 Å². The van der Waals surface area contributed by atoms with Gasteiger partial charge in [0.1, 0.15) is 0 Å². The number of amides is 2. The number of rotatable bonds is 10. The number of hydrogen-bond acceptors (Lipinski definition) is 6. The summed E-state index contributed by atoms with van der Waals surface area (Å²) >= 11 is 0. The number of carboxylic acid groups (broad SMARTS) is 1. The van der Waals surface area contributed by atoms with Crippen molar-refractivity contribution in [2.45, 2.75) is 25.4 Å². The Balaban J connectivity index is 1.33. The van der Waals surface area contributed by atoms with Crippen molar-refractivity contribution in [1.82, 2.24) is 4.90 Å². The van der Waals surface area contributed by atoms with E-state index in [0.717, 1.165) is 21.6 Å². The number of ether oxygens (including phenoxy) is 1. The molecule has 1 heterocycles. The number of hydrogen-bond donors (Lipinski definition) is 2. The summed E-state index contributed by atoms with van der Waals surface area (Å²) < 4.78 is 4.71. The van der Waals surface area contributed by atoms with E-state index in [9.17, 15) is 29.4 Å². The van der Waals surface area contributed by atoms with Gasteiger partial charge in [-0.3, -0.25) is 19.3 Å². The minimum absolute atomic E-state index is 0.0392. The van der Waals surface area contributed by atoms with E-state index in [-0.39, 0.29) is 19.4 Å². The number of carbonyl (C=O) groups is 4. The van der Waals surface area contributed by atoms with Crippen LogP contribution in [0.4, 0.5) is 0 Å². The number of aryl methyl sites for hydroxylation is 1. The number of fused-ring (bicyclic) bond motifs is 1. The third kappa shape index (κ3) is 5.59. The van der Waals surface area contributed by atoms with Gasteiger partial charge in [0, 0.05) is 6.54 Å². The van der Waals surface area contributed by atoms with E-state index in [1.807, 2.05) is 36.4 Å². The van der Waals surface area contributed by atoms with Gasteiger partial charge in [0.15, 0.2) is 0 Å². The van der Waals surface area contributed by atoms with Crippen LogP contribution in [0.2, 0.25) is 0 Å². The number of aliphatic hydroxyl groups is 1. The lowest BCUT2D eigenvalue weighted by atomic mass is 9.93. The third-order valence-electron chi connectivity index (χ3n) is 6.65. The molecule has 3 aromatic carbocycles. The van der Waals surface area contributed by atoms with Crippen LogP contribution >= 0.6 is 0 Å². The molecule has 2 amide bonds. The van der Waals surface area contributed by atoms with Crippen molar-refractivity contribution < 1.29 is 34.1 Å². The normalized spacial score (nSPS) is 14.3. The van der Waals surface area contributed by atoms with Crippen molar-refractivity contribution in [2.75, 3.05) is 13.7 Å². The Hall–Kier alpha value is -4.30. The van der Waals surface area contributed by atoms with E-state index in [1.165, 1.54) is 7.11 Å². The van der Waals surface area contributed by atoms with Crippen LogP contribution in [-0.4, -0.2) is 58.6 Å². The van der Waals surface area contributed by atoms with Crippen LogP contribution in [0.3, 0.4) is 0 Å². The average molecular weight is 502 g/mol. The topological polar surface area (TPSA) is 121 Å². The fourth-order valence-corrected chi connectivity index (χ4v) is 4.49. The molecule has 0 spiro atoms. The highest BCUT2D eigenvalue weighted by Gasteiger charge is 2.36. The van der Waals surface area contributed by atoms with Crippen LogP contribution in [0.1, 0.15) is 49.5 Å². The second-order valence-electron chi connectivity index (χ2n) is 8.91. The molecule has 0 saturated heterocycles. The Bertz CT molecular complexity index is 1280. The molecule has 2 atom stereocenters. The molecule has 37 heavy (non-hydrogen) atoms. The van der Waals surface area contributed by atoms with E-state index in [2.05, 4.69) is 0 Å². The Labute approximate surface area is 214 Å². The molecule has 8 heteroatoms. The predicted molar refractivity (Wildman–Crippen MR) is 135 cm³/mol. The lowest BCUT2D eigenvalue weighted by molar-refractivity contribution is -0.146. The Morgan fingerprint density at radius 1 is 0.838 bits per heavy atom. The summed E-state index contributed by atoms with van der Waals surface area (Å²) in [6, 6.07) is 21.2. The summed E-state index contributed by atoms with van der Waals surface area (Å²) in [6.45, 7) is -0.0795. The molecule has 0 saturated carbocycles. The maximum atomic E-state index is 12.5. The summed E-state index contributed by atoms with van der Waals surface area (Å²) in [5.74, 6) is -3.57. The number of methoxy groups -OCH3 is 1. The van der Waals surface area contributed by atoms with Gasteiger partial charge in [0.25, 0.3) is 11.8 Å². The fourth-order valence-electron chi connectivity index (χ4n) is 4.49.